The Morgan fingerprint density at radius 3 is 2.76 bits per heavy atom. The molecule has 5 heteroatoms. The lowest BCUT2D eigenvalue weighted by Gasteiger charge is -2.05. The van der Waals surface area contributed by atoms with Crippen molar-refractivity contribution in [2.75, 3.05) is 7.05 Å². The number of hydrogen-bond donors (Lipinski definition) is 2. The lowest BCUT2D eigenvalue weighted by molar-refractivity contribution is 0.460. The number of aromatic amines is 1. The molecular formula is C12H13N3O2. The summed E-state index contributed by atoms with van der Waals surface area (Å²) in [6.07, 6.45) is 1.31. The van der Waals surface area contributed by atoms with Crippen LogP contribution in [0.2, 0.25) is 0 Å². The molecule has 5 nitrogen and oxygen atoms in total. The molecule has 0 atom stereocenters. The minimum absolute atomic E-state index is 0.234. The van der Waals surface area contributed by atoms with Gasteiger partial charge in [0.25, 0.3) is 5.56 Å². The van der Waals surface area contributed by atoms with Gasteiger partial charge in [-0.15, -0.1) is 0 Å². The molecule has 1 heterocycles. The van der Waals surface area contributed by atoms with Crippen molar-refractivity contribution in [3.63, 3.8) is 0 Å². The van der Waals surface area contributed by atoms with Gasteiger partial charge in [-0.2, -0.15) is 0 Å². The summed E-state index contributed by atoms with van der Waals surface area (Å²) < 4.78 is 5.44. The summed E-state index contributed by atoms with van der Waals surface area (Å²) in [5, 5.41) is 3.06. The van der Waals surface area contributed by atoms with Crippen LogP contribution in [0.25, 0.3) is 0 Å². The van der Waals surface area contributed by atoms with Gasteiger partial charge in [0.05, 0.1) is 12.4 Å². The number of ether oxygens (including phenoxy) is 1. The maximum Gasteiger partial charge on any atom is 0.254 e. The molecule has 0 radical (unpaired) electrons. The minimum atomic E-state index is -0.234. The second-order valence-corrected chi connectivity index (χ2v) is 3.53. The Bertz CT molecular complexity index is 534. The molecule has 0 aliphatic heterocycles. The van der Waals surface area contributed by atoms with Gasteiger partial charge in [0.15, 0.2) is 0 Å². The highest BCUT2D eigenvalue weighted by molar-refractivity contribution is 5.30. The number of nitrogens with one attached hydrogen (secondary N) is 2. The number of rotatable bonds is 4. The van der Waals surface area contributed by atoms with E-state index in [2.05, 4.69) is 15.3 Å². The molecule has 0 saturated heterocycles. The molecule has 88 valence electrons. The van der Waals surface area contributed by atoms with Gasteiger partial charge in [0.1, 0.15) is 5.75 Å². The third kappa shape index (κ3) is 3.15. The van der Waals surface area contributed by atoms with E-state index in [9.17, 15) is 4.79 Å². The highest BCUT2D eigenvalue weighted by Gasteiger charge is 1.99. The van der Waals surface area contributed by atoms with Crippen molar-refractivity contribution in [3.05, 3.63) is 52.6 Å². The highest BCUT2D eigenvalue weighted by atomic mass is 16.5. The van der Waals surface area contributed by atoms with Crippen LogP contribution in [0.5, 0.6) is 11.6 Å². The molecule has 2 rings (SSSR count). The summed E-state index contributed by atoms with van der Waals surface area (Å²) in [7, 11) is 1.89. The molecule has 0 amide bonds. The van der Waals surface area contributed by atoms with E-state index in [1.807, 2.05) is 31.3 Å². The van der Waals surface area contributed by atoms with Gasteiger partial charge >= 0.3 is 0 Å². The third-order valence-electron chi connectivity index (χ3n) is 2.18. The van der Waals surface area contributed by atoms with Gasteiger partial charge in [-0.05, 0) is 24.7 Å². The van der Waals surface area contributed by atoms with Gasteiger partial charge in [0.2, 0.25) is 5.88 Å². The van der Waals surface area contributed by atoms with Crippen molar-refractivity contribution in [2.45, 2.75) is 6.54 Å². The lowest BCUT2D eigenvalue weighted by Crippen LogP contribution is -2.05. The van der Waals surface area contributed by atoms with Crippen molar-refractivity contribution in [3.8, 4) is 11.6 Å². The maximum absolute atomic E-state index is 11.0. The summed E-state index contributed by atoms with van der Waals surface area (Å²) in [5.74, 6) is 0.943. The van der Waals surface area contributed by atoms with Crippen LogP contribution < -0.4 is 15.6 Å². The average molecular weight is 231 g/mol. The molecule has 0 saturated carbocycles. The zero-order valence-corrected chi connectivity index (χ0v) is 9.43. The predicted octanol–water partition coefficient (Wildman–Crippen LogP) is 1.28. The van der Waals surface area contributed by atoms with Crippen molar-refractivity contribution in [2.24, 2.45) is 0 Å². The van der Waals surface area contributed by atoms with Crippen LogP contribution in [0.4, 0.5) is 0 Å². The van der Waals surface area contributed by atoms with Crippen LogP contribution in [-0.2, 0) is 6.54 Å². The monoisotopic (exact) mass is 231 g/mol. The molecule has 0 fully saturated rings. The fraction of sp³-hybridized carbons (Fsp3) is 0.167. The number of nitrogens with zero attached hydrogens (tertiary/aromatic N) is 1. The molecule has 1 aromatic carbocycles. The van der Waals surface area contributed by atoms with Crippen LogP contribution >= 0.6 is 0 Å². The van der Waals surface area contributed by atoms with E-state index in [0.717, 1.165) is 6.54 Å². The normalized spacial score (nSPS) is 10.2. The summed E-state index contributed by atoms with van der Waals surface area (Å²) in [5.41, 5.74) is 0.931. The first-order chi connectivity index (χ1) is 8.28. The lowest BCUT2D eigenvalue weighted by atomic mass is 10.2. The van der Waals surface area contributed by atoms with Gasteiger partial charge in [-0.3, -0.25) is 4.79 Å². The van der Waals surface area contributed by atoms with Crippen molar-refractivity contribution in [1.82, 2.24) is 15.3 Å². The number of aromatic nitrogens is 2. The number of benzene rings is 1. The van der Waals surface area contributed by atoms with E-state index >= 15 is 0 Å². The quantitative estimate of drug-likeness (QED) is 0.831. The first kappa shape index (κ1) is 11.3. The molecule has 1 aromatic heterocycles. The summed E-state index contributed by atoms with van der Waals surface area (Å²) in [6, 6.07) is 8.91. The Hall–Kier alpha value is -2.14. The smallest absolute Gasteiger partial charge is 0.254 e. The molecule has 0 aliphatic rings. The Morgan fingerprint density at radius 1 is 1.35 bits per heavy atom. The SMILES string of the molecule is CNCc1ccc(Oc2cc(=O)[nH]cn2)cc1. The number of hydrogen-bond acceptors (Lipinski definition) is 4. The van der Waals surface area contributed by atoms with Crippen LogP contribution in [0.15, 0.2) is 41.5 Å². The Labute approximate surface area is 98.5 Å². The predicted molar refractivity (Wildman–Crippen MR) is 64.1 cm³/mol. The fourth-order valence-corrected chi connectivity index (χ4v) is 1.41. The van der Waals surface area contributed by atoms with Gasteiger partial charge in [0, 0.05) is 6.54 Å². The molecule has 17 heavy (non-hydrogen) atoms. The van der Waals surface area contributed by atoms with Gasteiger partial charge in [-0.1, -0.05) is 12.1 Å². The van der Waals surface area contributed by atoms with Crippen molar-refractivity contribution < 1.29 is 4.74 Å². The second kappa shape index (κ2) is 5.27. The average Bonchev–Trinajstić information content (AvgIpc) is 2.32. The minimum Gasteiger partial charge on any atom is -0.439 e. The summed E-state index contributed by atoms with van der Waals surface area (Å²) >= 11 is 0. The third-order valence-corrected chi connectivity index (χ3v) is 2.18. The summed E-state index contributed by atoms with van der Waals surface area (Å²) in [6.45, 7) is 0.809. The largest absolute Gasteiger partial charge is 0.439 e. The standard InChI is InChI=1S/C12H13N3O2/c1-13-7-9-2-4-10(5-3-9)17-12-6-11(16)14-8-15-12/h2-6,8,13H,7H2,1H3,(H,14,15,16). The molecule has 0 spiro atoms. The zero-order valence-electron chi connectivity index (χ0n) is 9.43. The summed E-state index contributed by atoms with van der Waals surface area (Å²) in [4.78, 5) is 17.4. The Balaban J connectivity index is 2.11. The first-order valence-corrected chi connectivity index (χ1v) is 5.24. The van der Waals surface area contributed by atoms with Gasteiger partial charge < -0.3 is 15.0 Å². The second-order valence-electron chi connectivity index (χ2n) is 3.53. The molecule has 0 unspecified atom stereocenters. The molecule has 0 bridgehead atoms. The van der Waals surface area contributed by atoms with E-state index in [1.165, 1.54) is 18.0 Å². The van der Waals surface area contributed by atoms with E-state index in [0.29, 0.717) is 5.75 Å². The molecule has 0 aliphatic carbocycles. The van der Waals surface area contributed by atoms with E-state index in [-0.39, 0.29) is 11.4 Å². The van der Waals surface area contributed by atoms with Crippen molar-refractivity contribution in [1.29, 1.82) is 0 Å². The van der Waals surface area contributed by atoms with Crippen LogP contribution in [0.1, 0.15) is 5.56 Å². The molecule has 2 N–H and O–H groups in total. The number of H-pyrrole nitrogens is 1. The molecule has 2 aromatic rings. The molecular weight excluding hydrogens is 218 g/mol. The zero-order chi connectivity index (χ0) is 12.1. The first-order valence-electron chi connectivity index (χ1n) is 5.24. The van der Waals surface area contributed by atoms with Crippen LogP contribution in [0.3, 0.4) is 0 Å². The van der Waals surface area contributed by atoms with Crippen LogP contribution in [0, 0.1) is 0 Å². The van der Waals surface area contributed by atoms with E-state index < -0.39 is 0 Å². The van der Waals surface area contributed by atoms with Gasteiger partial charge in [-0.25, -0.2) is 4.98 Å². The van der Waals surface area contributed by atoms with E-state index in [1.54, 1.807) is 0 Å². The maximum atomic E-state index is 11.0. The van der Waals surface area contributed by atoms with E-state index in [4.69, 9.17) is 4.74 Å². The highest BCUT2D eigenvalue weighted by Crippen LogP contribution is 2.17. The Kier molecular flexibility index (Phi) is 3.52. The van der Waals surface area contributed by atoms with Crippen molar-refractivity contribution >= 4 is 0 Å². The Morgan fingerprint density at radius 2 is 2.12 bits per heavy atom. The van der Waals surface area contributed by atoms with Crippen LogP contribution in [-0.4, -0.2) is 17.0 Å². The topological polar surface area (TPSA) is 67.0 Å². The fourth-order valence-electron chi connectivity index (χ4n) is 1.41.